The van der Waals surface area contributed by atoms with Crippen LogP contribution in [0.2, 0.25) is 0 Å². The van der Waals surface area contributed by atoms with Crippen molar-refractivity contribution >= 4 is 31.4 Å². The predicted molar refractivity (Wildman–Crippen MR) is 118 cm³/mol. The minimum atomic E-state index is -3.41. The van der Waals surface area contributed by atoms with E-state index < -0.39 is 30.6 Å². The molecule has 0 radical (unpaired) electrons. The number of halogens is 1. The van der Waals surface area contributed by atoms with Crippen LogP contribution < -0.4 is 14.3 Å². The summed E-state index contributed by atoms with van der Waals surface area (Å²) in [4.78, 5) is 0. The van der Waals surface area contributed by atoms with Crippen LogP contribution in [0.3, 0.4) is 0 Å². The molecule has 1 heterocycles. The van der Waals surface area contributed by atoms with Gasteiger partial charge in [-0.1, -0.05) is 0 Å². The third-order valence-electron chi connectivity index (χ3n) is 5.89. The van der Waals surface area contributed by atoms with Gasteiger partial charge in [-0.3, -0.25) is 4.31 Å². The molecule has 0 aromatic heterocycles. The number of benzene rings is 1. The summed E-state index contributed by atoms with van der Waals surface area (Å²) < 4.78 is 66.3. The first-order chi connectivity index (χ1) is 13.9. The molecule has 0 amide bonds. The van der Waals surface area contributed by atoms with Crippen molar-refractivity contribution < 1.29 is 21.2 Å². The molecule has 0 atom stereocenters. The molecule has 7 nitrogen and oxygen atoms in total. The molecule has 1 aliphatic heterocycles. The second-order valence-electron chi connectivity index (χ2n) is 9.24. The Bertz CT molecular complexity index is 966. The molecular formula is C20H32FN3O4S2. The number of rotatable bonds is 6. The van der Waals surface area contributed by atoms with E-state index in [0.29, 0.717) is 31.1 Å². The molecule has 170 valence electrons. The van der Waals surface area contributed by atoms with Crippen LogP contribution in [0.5, 0.6) is 0 Å². The summed E-state index contributed by atoms with van der Waals surface area (Å²) in [6.07, 6.45) is 3.84. The smallest absolute Gasteiger partial charge is 0.235 e. The normalized spacial score (nSPS) is 24.7. The SMILES string of the molecule is CC(C)(C)S(=O)(=O)N[C@H]1CC[C@H](CNc2ccc(N3CCCS3(=O)=O)c(F)c2)CC1. The van der Waals surface area contributed by atoms with Gasteiger partial charge in [0.1, 0.15) is 5.82 Å². The van der Waals surface area contributed by atoms with Gasteiger partial charge in [0.2, 0.25) is 20.0 Å². The van der Waals surface area contributed by atoms with E-state index in [1.165, 1.54) is 12.1 Å². The first-order valence-electron chi connectivity index (χ1n) is 10.4. The van der Waals surface area contributed by atoms with E-state index in [4.69, 9.17) is 0 Å². The highest BCUT2D eigenvalue weighted by molar-refractivity contribution is 7.93. The summed E-state index contributed by atoms with van der Waals surface area (Å²) in [5.41, 5.74) is 0.716. The molecule has 0 spiro atoms. The van der Waals surface area contributed by atoms with Crippen molar-refractivity contribution in [1.29, 1.82) is 0 Å². The molecule has 10 heteroatoms. The molecule has 1 saturated heterocycles. The minimum absolute atomic E-state index is 0.0374. The van der Waals surface area contributed by atoms with Gasteiger partial charge in [-0.2, -0.15) is 0 Å². The highest BCUT2D eigenvalue weighted by atomic mass is 32.2. The molecule has 1 aromatic rings. The first-order valence-corrected chi connectivity index (χ1v) is 13.5. The van der Waals surface area contributed by atoms with E-state index in [1.807, 2.05) is 0 Å². The maximum atomic E-state index is 14.5. The summed E-state index contributed by atoms with van der Waals surface area (Å²) >= 11 is 0. The average Bonchev–Trinajstić information content (AvgIpc) is 2.99. The molecule has 2 N–H and O–H groups in total. The molecule has 1 aliphatic carbocycles. The van der Waals surface area contributed by atoms with Crippen LogP contribution in [0.1, 0.15) is 52.9 Å². The summed E-state index contributed by atoms with van der Waals surface area (Å²) in [7, 11) is -6.76. The molecule has 1 saturated carbocycles. The first kappa shape index (κ1) is 23.3. The van der Waals surface area contributed by atoms with Crippen LogP contribution in [0.4, 0.5) is 15.8 Å². The fourth-order valence-corrected chi connectivity index (χ4v) is 6.47. The number of hydrogen-bond donors (Lipinski definition) is 2. The van der Waals surface area contributed by atoms with Crippen LogP contribution in [-0.4, -0.2) is 46.5 Å². The topological polar surface area (TPSA) is 95.6 Å². The van der Waals surface area contributed by atoms with Gasteiger partial charge in [0.15, 0.2) is 0 Å². The van der Waals surface area contributed by atoms with Crippen molar-refractivity contribution in [2.45, 2.75) is 63.7 Å². The van der Waals surface area contributed by atoms with E-state index in [1.54, 1.807) is 26.8 Å². The average molecular weight is 462 g/mol. The van der Waals surface area contributed by atoms with E-state index in [9.17, 15) is 21.2 Å². The molecular weight excluding hydrogens is 429 g/mol. The zero-order valence-corrected chi connectivity index (χ0v) is 19.5. The van der Waals surface area contributed by atoms with Gasteiger partial charge in [0.05, 0.1) is 16.2 Å². The molecule has 3 rings (SSSR count). The van der Waals surface area contributed by atoms with Crippen LogP contribution in [-0.2, 0) is 20.0 Å². The van der Waals surface area contributed by atoms with Crippen molar-refractivity contribution in [2.24, 2.45) is 5.92 Å². The summed E-state index contributed by atoms with van der Waals surface area (Å²) in [6, 6.07) is 4.52. The lowest BCUT2D eigenvalue weighted by molar-refractivity contribution is 0.322. The Morgan fingerprint density at radius 3 is 2.37 bits per heavy atom. The maximum Gasteiger partial charge on any atom is 0.235 e. The number of nitrogens with one attached hydrogen (secondary N) is 2. The number of hydrogen-bond acceptors (Lipinski definition) is 5. The Morgan fingerprint density at radius 2 is 1.83 bits per heavy atom. The van der Waals surface area contributed by atoms with Crippen LogP contribution in [0.25, 0.3) is 0 Å². The van der Waals surface area contributed by atoms with Crippen molar-refractivity contribution in [3.05, 3.63) is 24.0 Å². The van der Waals surface area contributed by atoms with Gasteiger partial charge in [-0.05, 0) is 77.0 Å². The predicted octanol–water partition coefficient (Wildman–Crippen LogP) is 3.05. The largest absolute Gasteiger partial charge is 0.385 e. The van der Waals surface area contributed by atoms with E-state index in [-0.39, 0.29) is 17.5 Å². The molecule has 30 heavy (non-hydrogen) atoms. The second-order valence-corrected chi connectivity index (χ2v) is 13.7. The van der Waals surface area contributed by atoms with Crippen LogP contribution >= 0.6 is 0 Å². The van der Waals surface area contributed by atoms with Gasteiger partial charge in [0, 0.05) is 24.8 Å². The van der Waals surface area contributed by atoms with Crippen molar-refractivity contribution in [2.75, 3.05) is 28.5 Å². The lowest BCUT2D eigenvalue weighted by Crippen LogP contribution is -2.46. The number of nitrogens with zero attached hydrogens (tertiary/aromatic N) is 1. The van der Waals surface area contributed by atoms with Gasteiger partial charge in [-0.15, -0.1) is 0 Å². The van der Waals surface area contributed by atoms with Gasteiger partial charge in [0.25, 0.3) is 0 Å². The second kappa shape index (κ2) is 8.63. The maximum absolute atomic E-state index is 14.5. The van der Waals surface area contributed by atoms with Crippen molar-refractivity contribution in [3.8, 4) is 0 Å². The Kier molecular flexibility index (Phi) is 6.69. The Morgan fingerprint density at radius 1 is 1.17 bits per heavy atom. The number of sulfonamides is 2. The van der Waals surface area contributed by atoms with Crippen LogP contribution in [0.15, 0.2) is 18.2 Å². The minimum Gasteiger partial charge on any atom is -0.385 e. The summed E-state index contributed by atoms with van der Waals surface area (Å²) in [5, 5.41) is 3.23. The van der Waals surface area contributed by atoms with Crippen molar-refractivity contribution in [3.63, 3.8) is 0 Å². The van der Waals surface area contributed by atoms with Crippen molar-refractivity contribution in [1.82, 2.24) is 4.72 Å². The summed E-state index contributed by atoms with van der Waals surface area (Å²) in [5.74, 6) is -0.117. The fraction of sp³-hybridized carbons (Fsp3) is 0.700. The fourth-order valence-electron chi connectivity index (χ4n) is 3.87. The lowest BCUT2D eigenvalue weighted by Gasteiger charge is -2.31. The zero-order valence-electron chi connectivity index (χ0n) is 17.8. The highest BCUT2D eigenvalue weighted by Crippen LogP contribution is 2.30. The molecule has 0 bridgehead atoms. The highest BCUT2D eigenvalue weighted by Gasteiger charge is 2.33. The monoisotopic (exact) mass is 461 g/mol. The van der Waals surface area contributed by atoms with Gasteiger partial charge >= 0.3 is 0 Å². The van der Waals surface area contributed by atoms with Gasteiger partial charge in [-0.25, -0.2) is 25.9 Å². The Balaban J connectivity index is 1.51. The molecule has 2 fully saturated rings. The van der Waals surface area contributed by atoms with Gasteiger partial charge < -0.3 is 5.32 Å². The van der Waals surface area contributed by atoms with Crippen LogP contribution in [0, 0.1) is 11.7 Å². The standard InChI is InChI=1S/C20H32FN3O4S2/c1-20(2,3)30(27,28)23-16-7-5-15(6-8-16)14-22-17-9-10-19(18(21)13-17)24-11-4-12-29(24,25)26/h9-10,13,15-16,22-23H,4-8,11-12,14H2,1-3H3/t15-,16-. The van der Waals surface area contributed by atoms with E-state index >= 15 is 0 Å². The number of anilines is 2. The quantitative estimate of drug-likeness (QED) is 0.679. The lowest BCUT2D eigenvalue weighted by atomic mass is 9.86. The third kappa shape index (κ3) is 5.26. The zero-order chi connectivity index (χ0) is 22.2. The molecule has 2 aliphatic rings. The molecule has 1 aromatic carbocycles. The van der Waals surface area contributed by atoms with E-state index in [0.717, 1.165) is 30.0 Å². The Labute approximate surface area is 179 Å². The molecule has 0 unspecified atom stereocenters. The van der Waals surface area contributed by atoms with E-state index in [2.05, 4.69) is 10.0 Å². The summed E-state index contributed by atoms with van der Waals surface area (Å²) in [6.45, 7) is 6.05. The third-order valence-corrected chi connectivity index (χ3v) is 10.00. The Hall–Kier alpha value is -1.39.